The molecule has 1 saturated heterocycles. The van der Waals surface area contributed by atoms with Crippen LogP contribution in [0.3, 0.4) is 0 Å². The molecule has 1 heterocycles. The molecule has 1 amide bonds. The van der Waals surface area contributed by atoms with Crippen LogP contribution in [-0.4, -0.2) is 53.3 Å². The van der Waals surface area contributed by atoms with Crippen molar-refractivity contribution in [2.75, 3.05) is 24.5 Å². The number of carboxylic acids is 1. The number of anilines is 1. The van der Waals surface area contributed by atoms with E-state index in [2.05, 4.69) is 0 Å². The van der Waals surface area contributed by atoms with E-state index in [-0.39, 0.29) is 6.54 Å². The number of carboxylic acid groups (broad SMARTS) is 1. The van der Waals surface area contributed by atoms with Crippen molar-refractivity contribution >= 4 is 17.7 Å². The van der Waals surface area contributed by atoms with Crippen LogP contribution in [0, 0.1) is 0 Å². The first-order valence-electron chi connectivity index (χ1n) is 9.37. The Labute approximate surface area is 165 Å². The van der Waals surface area contributed by atoms with E-state index in [1.54, 1.807) is 20.8 Å². The number of amides is 1. The number of carbonyl (C=O) groups excluding carboxylic acids is 1. The maximum absolute atomic E-state index is 12.4. The molecule has 1 atom stereocenters. The number of rotatable bonds is 3. The zero-order valence-corrected chi connectivity index (χ0v) is 16.5. The molecular formula is C22H26N2O4. The third kappa shape index (κ3) is 4.63. The number of aliphatic carboxylic acids is 1. The fourth-order valence-corrected chi connectivity index (χ4v) is 3.29. The summed E-state index contributed by atoms with van der Waals surface area (Å²) in [5.41, 5.74) is 2.31. The SMILES string of the molecule is CC(C)(C)OC(=O)N1CCN(c2cccc(-c3ccccc3)c2)C(C(=O)O)C1. The van der Waals surface area contributed by atoms with Gasteiger partial charge in [0, 0.05) is 18.8 Å². The average molecular weight is 382 g/mol. The van der Waals surface area contributed by atoms with Crippen LogP contribution in [-0.2, 0) is 9.53 Å². The van der Waals surface area contributed by atoms with Crippen LogP contribution < -0.4 is 4.90 Å². The summed E-state index contributed by atoms with van der Waals surface area (Å²) in [5.74, 6) is -0.960. The lowest BCUT2D eigenvalue weighted by atomic mass is 10.0. The van der Waals surface area contributed by atoms with E-state index in [9.17, 15) is 14.7 Å². The Morgan fingerprint density at radius 2 is 1.68 bits per heavy atom. The van der Waals surface area contributed by atoms with Gasteiger partial charge in [0.2, 0.25) is 0 Å². The summed E-state index contributed by atoms with van der Waals surface area (Å²) in [6.45, 7) is 6.31. The monoisotopic (exact) mass is 382 g/mol. The van der Waals surface area contributed by atoms with Gasteiger partial charge >= 0.3 is 12.1 Å². The van der Waals surface area contributed by atoms with E-state index in [4.69, 9.17) is 4.74 Å². The number of carbonyl (C=O) groups is 2. The fourth-order valence-electron chi connectivity index (χ4n) is 3.29. The topological polar surface area (TPSA) is 70.1 Å². The van der Waals surface area contributed by atoms with Gasteiger partial charge in [-0.1, -0.05) is 42.5 Å². The first kappa shape index (κ1) is 19.7. The van der Waals surface area contributed by atoms with Gasteiger partial charge in [-0.05, 0) is 44.0 Å². The van der Waals surface area contributed by atoms with Crippen molar-refractivity contribution in [3.05, 3.63) is 54.6 Å². The lowest BCUT2D eigenvalue weighted by Gasteiger charge is -2.41. The van der Waals surface area contributed by atoms with Crippen molar-refractivity contribution in [3.8, 4) is 11.1 Å². The predicted octanol–water partition coefficient (Wildman–Crippen LogP) is 3.86. The predicted molar refractivity (Wildman–Crippen MR) is 108 cm³/mol. The summed E-state index contributed by atoms with van der Waals surface area (Å²) in [6, 6.07) is 17.0. The summed E-state index contributed by atoms with van der Waals surface area (Å²) in [4.78, 5) is 27.6. The van der Waals surface area contributed by atoms with Crippen molar-refractivity contribution in [2.45, 2.75) is 32.4 Å². The third-order valence-electron chi connectivity index (χ3n) is 4.60. The van der Waals surface area contributed by atoms with Crippen LogP contribution in [0.1, 0.15) is 20.8 Å². The first-order chi connectivity index (χ1) is 13.2. The molecule has 0 saturated carbocycles. The molecular weight excluding hydrogens is 356 g/mol. The molecule has 3 rings (SSSR count). The molecule has 2 aromatic carbocycles. The molecule has 0 aliphatic carbocycles. The minimum absolute atomic E-state index is 0.0831. The van der Waals surface area contributed by atoms with Gasteiger partial charge in [0.05, 0.1) is 6.54 Å². The Hall–Kier alpha value is -3.02. The molecule has 1 unspecified atom stereocenters. The van der Waals surface area contributed by atoms with Gasteiger partial charge in [-0.3, -0.25) is 0 Å². The van der Waals surface area contributed by atoms with Crippen LogP contribution >= 0.6 is 0 Å². The van der Waals surface area contributed by atoms with E-state index >= 15 is 0 Å². The van der Waals surface area contributed by atoms with Crippen LogP contribution in [0.25, 0.3) is 11.1 Å². The van der Waals surface area contributed by atoms with Crippen molar-refractivity contribution in [3.63, 3.8) is 0 Å². The van der Waals surface area contributed by atoms with Gasteiger partial charge in [0.25, 0.3) is 0 Å². The van der Waals surface area contributed by atoms with Gasteiger partial charge in [0.1, 0.15) is 11.6 Å². The number of hydrogen-bond acceptors (Lipinski definition) is 4. The molecule has 0 bridgehead atoms. The van der Waals surface area contributed by atoms with Crippen molar-refractivity contribution in [2.24, 2.45) is 0 Å². The van der Waals surface area contributed by atoms with Crippen molar-refractivity contribution < 1.29 is 19.4 Å². The molecule has 2 aromatic rings. The summed E-state index contributed by atoms with van der Waals surface area (Å²) < 4.78 is 5.40. The smallest absolute Gasteiger partial charge is 0.410 e. The quantitative estimate of drug-likeness (QED) is 0.873. The Morgan fingerprint density at radius 3 is 2.32 bits per heavy atom. The molecule has 148 valence electrons. The zero-order valence-electron chi connectivity index (χ0n) is 16.5. The van der Waals surface area contributed by atoms with Crippen LogP contribution in [0.4, 0.5) is 10.5 Å². The molecule has 0 spiro atoms. The second kappa shape index (κ2) is 7.92. The normalized spacial score (nSPS) is 17.3. The summed E-state index contributed by atoms with van der Waals surface area (Å²) in [6.07, 6.45) is -0.476. The maximum Gasteiger partial charge on any atom is 0.410 e. The fraction of sp³-hybridized carbons (Fsp3) is 0.364. The zero-order chi connectivity index (χ0) is 20.3. The van der Waals surface area contributed by atoms with E-state index in [0.717, 1.165) is 16.8 Å². The van der Waals surface area contributed by atoms with Gasteiger partial charge in [-0.2, -0.15) is 0 Å². The summed E-state index contributed by atoms with van der Waals surface area (Å²) >= 11 is 0. The highest BCUT2D eigenvalue weighted by Crippen LogP contribution is 2.27. The number of ether oxygens (including phenoxy) is 1. The van der Waals surface area contributed by atoms with E-state index in [0.29, 0.717) is 13.1 Å². The van der Waals surface area contributed by atoms with E-state index in [1.807, 2.05) is 59.5 Å². The van der Waals surface area contributed by atoms with Gasteiger partial charge in [0.15, 0.2) is 0 Å². The van der Waals surface area contributed by atoms with Crippen LogP contribution in [0.5, 0.6) is 0 Å². The maximum atomic E-state index is 12.4. The van der Waals surface area contributed by atoms with Gasteiger partial charge < -0.3 is 19.6 Å². The second-order valence-electron chi connectivity index (χ2n) is 7.89. The number of nitrogens with zero attached hydrogens (tertiary/aromatic N) is 2. The van der Waals surface area contributed by atoms with Gasteiger partial charge in [-0.25, -0.2) is 9.59 Å². The number of piperazine rings is 1. The molecule has 1 fully saturated rings. The summed E-state index contributed by atoms with van der Waals surface area (Å²) in [7, 11) is 0. The van der Waals surface area contributed by atoms with Crippen molar-refractivity contribution in [1.29, 1.82) is 0 Å². The van der Waals surface area contributed by atoms with Crippen LogP contribution in [0.2, 0.25) is 0 Å². The highest BCUT2D eigenvalue weighted by Gasteiger charge is 2.36. The Bertz CT molecular complexity index is 845. The minimum Gasteiger partial charge on any atom is -0.480 e. The average Bonchev–Trinajstić information content (AvgIpc) is 2.67. The van der Waals surface area contributed by atoms with Crippen LogP contribution in [0.15, 0.2) is 54.6 Å². The van der Waals surface area contributed by atoms with Gasteiger partial charge in [-0.15, -0.1) is 0 Å². The molecule has 0 aromatic heterocycles. The first-order valence-corrected chi connectivity index (χ1v) is 9.37. The molecule has 1 aliphatic rings. The molecule has 1 aliphatic heterocycles. The molecule has 1 N–H and O–H groups in total. The summed E-state index contributed by atoms with van der Waals surface area (Å²) in [5, 5.41) is 9.77. The lowest BCUT2D eigenvalue weighted by molar-refractivity contribution is -0.139. The highest BCUT2D eigenvalue weighted by molar-refractivity contribution is 5.81. The lowest BCUT2D eigenvalue weighted by Crippen LogP contribution is -2.58. The highest BCUT2D eigenvalue weighted by atomic mass is 16.6. The molecule has 6 nitrogen and oxygen atoms in total. The molecule has 28 heavy (non-hydrogen) atoms. The van der Waals surface area contributed by atoms with Crippen molar-refractivity contribution in [1.82, 2.24) is 4.90 Å². The standard InChI is InChI=1S/C22H26N2O4/c1-22(2,3)28-21(27)23-12-13-24(19(15-23)20(25)26)18-11-7-10-17(14-18)16-8-5-4-6-9-16/h4-11,14,19H,12-13,15H2,1-3H3,(H,25,26). The Balaban J connectivity index is 1.81. The third-order valence-corrected chi connectivity index (χ3v) is 4.60. The Kier molecular flexibility index (Phi) is 5.58. The van der Waals surface area contributed by atoms with E-state index < -0.39 is 23.7 Å². The molecule has 0 radical (unpaired) electrons. The van der Waals surface area contributed by atoms with E-state index in [1.165, 1.54) is 4.90 Å². The Morgan fingerprint density at radius 1 is 1.00 bits per heavy atom. The number of benzene rings is 2. The molecule has 6 heteroatoms. The second-order valence-corrected chi connectivity index (χ2v) is 7.89. The minimum atomic E-state index is -0.960. The largest absolute Gasteiger partial charge is 0.480 e. The number of hydrogen-bond donors (Lipinski definition) is 1.